The topological polar surface area (TPSA) is 23.5 Å². The van der Waals surface area contributed by atoms with Crippen LogP contribution in [-0.2, 0) is 0 Å². The molecule has 0 aromatic heterocycles. The molecule has 3 heteroatoms. The lowest BCUT2D eigenvalue weighted by molar-refractivity contribution is 0.199. The van der Waals surface area contributed by atoms with Gasteiger partial charge >= 0.3 is 0 Å². The van der Waals surface area contributed by atoms with Gasteiger partial charge < -0.3 is 10.0 Å². The minimum absolute atomic E-state index is 0.283. The maximum atomic E-state index is 13.1. The molecule has 1 aliphatic rings. The fourth-order valence-corrected chi connectivity index (χ4v) is 2.11. The zero-order valence-corrected chi connectivity index (χ0v) is 8.91. The van der Waals surface area contributed by atoms with E-state index in [2.05, 4.69) is 4.90 Å². The van der Waals surface area contributed by atoms with Crippen LogP contribution in [0.1, 0.15) is 31.4 Å². The highest BCUT2D eigenvalue weighted by Gasteiger charge is 2.18. The molecule has 0 unspecified atom stereocenters. The van der Waals surface area contributed by atoms with Crippen LogP contribution in [0, 0.1) is 5.82 Å². The normalized spacial score (nSPS) is 18.2. The molecule has 0 radical (unpaired) electrons. The van der Waals surface area contributed by atoms with Gasteiger partial charge in [0.1, 0.15) is 5.82 Å². The van der Waals surface area contributed by atoms with Crippen molar-refractivity contribution in [1.29, 1.82) is 0 Å². The first-order chi connectivity index (χ1) is 7.18. The molecule has 0 amide bonds. The Labute approximate surface area is 89.3 Å². The summed E-state index contributed by atoms with van der Waals surface area (Å²) in [5, 5.41) is 9.60. The van der Waals surface area contributed by atoms with E-state index in [1.807, 2.05) is 0 Å². The third kappa shape index (κ3) is 2.12. The van der Waals surface area contributed by atoms with Gasteiger partial charge in [-0.2, -0.15) is 0 Å². The Bertz CT molecular complexity index is 345. The number of rotatable bonds is 2. The van der Waals surface area contributed by atoms with Crippen molar-refractivity contribution in [1.82, 2.24) is 0 Å². The van der Waals surface area contributed by atoms with Gasteiger partial charge in [0.05, 0.1) is 6.10 Å². The number of nitrogens with zero attached hydrogens (tertiary/aromatic N) is 1. The lowest BCUT2D eigenvalue weighted by Gasteiger charge is -2.22. The van der Waals surface area contributed by atoms with Gasteiger partial charge in [-0.15, -0.1) is 0 Å². The average Bonchev–Trinajstić information content (AvgIpc) is 2.70. The Morgan fingerprint density at radius 3 is 2.60 bits per heavy atom. The minimum Gasteiger partial charge on any atom is -0.389 e. The van der Waals surface area contributed by atoms with Crippen molar-refractivity contribution in [2.75, 3.05) is 18.0 Å². The fourth-order valence-electron chi connectivity index (χ4n) is 2.11. The number of benzene rings is 1. The van der Waals surface area contributed by atoms with Gasteiger partial charge in [0.15, 0.2) is 0 Å². The van der Waals surface area contributed by atoms with Crippen LogP contribution in [0.4, 0.5) is 10.1 Å². The summed E-state index contributed by atoms with van der Waals surface area (Å²) in [5.74, 6) is -0.283. The Kier molecular flexibility index (Phi) is 2.91. The predicted octanol–water partition coefficient (Wildman–Crippen LogP) is 2.48. The average molecular weight is 209 g/mol. The van der Waals surface area contributed by atoms with E-state index in [1.165, 1.54) is 25.0 Å². The standard InChI is InChI=1S/C12H16FNO/c1-9(15)11-8-10(13)4-5-12(11)14-6-2-3-7-14/h4-5,8-9,15H,2-3,6-7H2,1H3/t9-/m0/s1. The molecular formula is C12H16FNO. The van der Waals surface area contributed by atoms with Gasteiger partial charge in [-0.25, -0.2) is 4.39 Å². The molecule has 1 saturated heterocycles. The van der Waals surface area contributed by atoms with E-state index in [-0.39, 0.29) is 5.82 Å². The van der Waals surface area contributed by atoms with Gasteiger partial charge in [-0.05, 0) is 38.0 Å². The van der Waals surface area contributed by atoms with E-state index < -0.39 is 6.10 Å². The molecule has 15 heavy (non-hydrogen) atoms. The molecular weight excluding hydrogens is 193 g/mol. The smallest absolute Gasteiger partial charge is 0.123 e. The van der Waals surface area contributed by atoms with Crippen LogP contribution in [0.5, 0.6) is 0 Å². The van der Waals surface area contributed by atoms with Crippen molar-refractivity contribution in [2.24, 2.45) is 0 Å². The highest BCUT2D eigenvalue weighted by Crippen LogP contribution is 2.29. The van der Waals surface area contributed by atoms with Crippen LogP contribution in [0.2, 0.25) is 0 Å². The van der Waals surface area contributed by atoms with Crippen LogP contribution in [0.25, 0.3) is 0 Å². The zero-order chi connectivity index (χ0) is 10.8. The summed E-state index contributed by atoms with van der Waals surface area (Å²) in [7, 11) is 0. The van der Waals surface area contributed by atoms with Crippen molar-refractivity contribution >= 4 is 5.69 Å². The Morgan fingerprint density at radius 2 is 2.00 bits per heavy atom. The first-order valence-corrected chi connectivity index (χ1v) is 5.41. The van der Waals surface area contributed by atoms with Crippen LogP contribution in [-0.4, -0.2) is 18.2 Å². The van der Waals surface area contributed by atoms with Crippen molar-refractivity contribution < 1.29 is 9.50 Å². The van der Waals surface area contributed by atoms with Crippen LogP contribution < -0.4 is 4.90 Å². The fraction of sp³-hybridized carbons (Fsp3) is 0.500. The van der Waals surface area contributed by atoms with Crippen molar-refractivity contribution in [3.63, 3.8) is 0 Å². The SMILES string of the molecule is C[C@H](O)c1cc(F)ccc1N1CCCC1. The molecule has 0 bridgehead atoms. The number of hydrogen-bond donors (Lipinski definition) is 1. The van der Waals surface area contributed by atoms with Gasteiger partial charge in [0, 0.05) is 24.3 Å². The molecule has 1 aromatic carbocycles. The van der Waals surface area contributed by atoms with E-state index >= 15 is 0 Å². The van der Waals surface area contributed by atoms with Gasteiger partial charge in [-0.3, -0.25) is 0 Å². The second-order valence-corrected chi connectivity index (χ2v) is 4.07. The van der Waals surface area contributed by atoms with Gasteiger partial charge in [0.2, 0.25) is 0 Å². The number of halogens is 1. The molecule has 2 nitrogen and oxygen atoms in total. The molecule has 1 N–H and O–H groups in total. The summed E-state index contributed by atoms with van der Waals surface area (Å²) in [6.07, 6.45) is 1.74. The molecule has 1 heterocycles. The van der Waals surface area contributed by atoms with Gasteiger partial charge in [-0.1, -0.05) is 0 Å². The summed E-state index contributed by atoms with van der Waals surface area (Å²) in [6.45, 7) is 3.69. The maximum absolute atomic E-state index is 13.1. The van der Waals surface area contributed by atoms with E-state index in [4.69, 9.17) is 0 Å². The lowest BCUT2D eigenvalue weighted by atomic mass is 10.1. The van der Waals surface area contributed by atoms with Crippen molar-refractivity contribution in [3.05, 3.63) is 29.6 Å². The number of aliphatic hydroxyl groups excluding tert-OH is 1. The highest BCUT2D eigenvalue weighted by atomic mass is 19.1. The third-order valence-electron chi connectivity index (χ3n) is 2.89. The summed E-state index contributed by atoms with van der Waals surface area (Å²) in [5.41, 5.74) is 1.67. The quantitative estimate of drug-likeness (QED) is 0.808. The summed E-state index contributed by atoms with van der Waals surface area (Å²) in [4.78, 5) is 2.21. The number of aliphatic hydroxyl groups is 1. The molecule has 1 fully saturated rings. The van der Waals surface area contributed by atoms with E-state index in [1.54, 1.807) is 13.0 Å². The van der Waals surface area contributed by atoms with Crippen molar-refractivity contribution in [2.45, 2.75) is 25.9 Å². The first-order valence-electron chi connectivity index (χ1n) is 5.41. The maximum Gasteiger partial charge on any atom is 0.123 e. The van der Waals surface area contributed by atoms with Crippen molar-refractivity contribution in [3.8, 4) is 0 Å². The zero-order valence-electron chi connectivity index (χ0n) is 8.91. The molecule has 1 aliphatic heterocycles. The van der Waals surface area contributed by atoms with E-state index in [0.717, 1.165) is 18.8 Å². The first kappa shape index (κ1) is 10.4. The molecule has 82 valence electrons. The lowest BCUT2D eigenvalue weighted by Crippen LogP contribution is -2.19. The monoisotopic (exact) mass is 209 g/mol. The Hall–Kier alpha value is -1.09. The van der Waals surface area contributed by atoms with Crippen LogP contribution in [0.15, 0.2) is 18.2 Å². The number of anilines is 1. The largest absolute Gasteiger partial charge is 0.389 e. The summed E-state index contributed by atoms with van der Waals surface area (Å²) in [6, 6.07) is 4.65. The minimum atomic E-state index is -0.615. The third-order valence-corrected chi connectivity index (χ3v) is 2.89. The second kappa shape index (κ2) is 4.19. The summed E-state index contributed by atoms with van der Waals surface area (Å²) < 4.78 is 13.1. The second-order valence-electron chi connectivity index (χ2n) is 4.07. The molecule has 0 saturated carbocycles. The van der Waals surface area contributed by atoms with Crippen LogP contribution in [0.3, 0.4) is 0 Å². The van der Waals surface area contributed by atoms with E-state index in [0.29, 0.717) is 5.56 Å². The predicted molar refractivity (Wildman–Crippen MR) is 58.5 cm³/mol. The molecule has 0 spiro atoms. The highest BCUT2D eigenvalue weighted by molar-refractivity contribution is 5.55. The van der Waals surface area contributed by atoms with Crippen LogP contribution >= 0.6 is 0 Å². The van der Waals surface area contributed by atoms with Gasteiger partial charge in [0.25, 0.3) is 0 Å². The van der Waals surface area contributed by atoms with E-state index in [9.17, 15) is 9.50 Å². The Balaban J connectivity index is 2.36. The molecule has 2 rings (SSSR count). The number of hydrogen-bond acceptors (Lipinski definition) is 2. The molecule has 0 aliphatic carbocycles. The Morgan fingerprint density at radius 1 is 1.33 bits per heavy atom. The summed E-state index contributed by atoms with van der Waals surface area (Å²) >= 11 is 0. The molecule has 1 aromatic rings. The molecule has 1 atom stereocenters.